The topological polar surface area (TPSA) is 85.8 Å². The average Bonchev–Trinajstić information content (AvgIpc) is 3.12. The third-order valence-corrected chi connectivity index (χ3v) is 4.64. The van der Waals surface area contributed by atoms with Gasteiger partial charge in [0.15, 0.2) is 5.82 Å². The van der Waals surface area contributed by atoms with Crippen molar-refractivity contribution >= 4 is 33.7 Å². The molecule has 2 aromatic heterocycles. The van der Waals surface area contributed by atoms with Crippen molar-refractivity contribution in [3.63, 3.8) is 0 Å². The van der Waals surface area contributed by atoms with Crippen LogP contribution in [0.4, 0.5) is 5.82 Å². The standard InChI is InChI=1S/C21H21N5O/c22-21-19-20(16-8-4-5-9-17(16)25-21)26(14-24-19)13-12-23-18(27)11-10-15-6-2-1-3-7-15/h1-9,14H,10-13H2,(H2,22,25)(H,23,27). The number of pyridine rings is 1. The predicted octanol–water partition coefficient (Wildman–Crippen LogP) is 2.92. The molecule has 0 aliphatic carbocycles. The van der Waals surface area contributed by atoms with Gasteiger partial charge < -0.3 is 15.6 Å². The summed E-state index contributed by atoms with van der Waals surface area (Å²) >= 11 is 0. The van der Waals surface area contributed by atoms with Crippen LogP contribution in [0.5, 0.6) is 0 Å². The van der Waals surface area contributed by atoms with Gasteiger partial charge in [-0.1, -0.05) is 48.5 Å². The van der Waals surface area contributed by atoms with Crippen LogP contribution in [-0.2, 0) is 17.8 Å². The molecule has 0 radical (unpaired) electrons. The Morgan fingerprint density at radius 3 is 2.70 bits per heavy atom. The molecule has 2 aromatic carbocycles. The number of hydrogen-bond donors (Lipinski definition) is 2. The zero-order valence-corrected chi connectivity index (χ0v) is 14.9. The van der Waals surface area contributed by atoms with E-state index in [2.05, 4.69) is 15.3 Å². The lowest BCUT2D eigenvalue weighted by Crippen LogP contribution is -2.27. The van der Waals surface area contributed by atoms with E-state index in [9.17, 15) is 4.79 Å². The van der Waals surface area contributed by atoms with E-state index in [-0.39, 0.29) is 5.91 Å². The molecule has 27 heavy (non-hydrogen) atoms. The molecule has 0 saturated carbocycles. The molecule has 0 unspecified atom stereocenters. The first kappa shape index (κ1) is 17.0. The third kappa shape index (κ3) is 3.60. The predicted molar refractivity (Wildman–Crippen MR) is 107 cm³/mol. The van der Waals surface area contributed by atoms with Crippen LogP contribution in [0.2, 0.25) is 0 Å². The van der Waals surface area contributed by atoms with Crippen molar-refractivity contribution in [3.05, 3.63) is 66.5 Å². The van der Waals surface area contributed by atoms with Crippen LogP contribution in [0.1, 0.15) is 12.0 Å². The van der Waals surface area contributed by atoms with Crippen molar-refractivity contribution in [1.29, 1.82) is 0 Å². The Morgan fingerprint density at radius 1 is 1.07 bits per heavy atom. The van der Waals surface area contributed by atoms with Gasteiger partial charge in [0.1, 0.15) is 5.52 Å². The molecule has 0 bridgehead atoms. The summed E-state index contributed by atoms with van der Waals surface area (Å²) in [6.07, 6.45) is 2.98. The quantitative estimate of drug-likeness (QED) is 0.554. The number of para-hydroxylation sites is 1. The fourth-order valence-electron chi connectivity index (χ4n) is 3.28. The summed E-state index contributed by atoms with van der Waals surface area (Å²) in [7, 11) is 0. The minimum absolute atomic E-state index is 0.0503. The lowest BCUT2D eigenvalue weighted by Gasteiger charge is -2.09. The summed E-state index contributed by atoms with van der Waals surface area (Å²) in [4.78, 5) is 20.9. The van der Waals surface area contributed by atoms with Gasteiger partial charge in [0.25, 0.3) is 0 Å². The molecule has 0 fully saturated rings. The Kier molecular flexibility index (Phi) is 4.70. The fraction of sp³-hybridized carbons (Fsp3) is 0.190. The molecule has 6 heteroatoms. The number of benzene rings is 2. The fourth-order valence-corrected chi connectivity index (χ4v) is 3.28. The second kappa shape index (κ2) is 7.45. The number of nitrogens with two attached hydrogens (primary N) is 1. The monoisotopic (exact) mass is 359 g/mol. The summed E-state index contributed by atoms with van der Waals surface area (Å²) in [6.45, 7) is 1.16. The number of rotatable bonds is 6. The number of aromatic nitrogens is 3. The Balaban J connectivity index is 1.43. The maximum Gasteiger partial charge on any atom is 0.220 e. The maximum absolute atomic E-state index is 12.1. The second-order valence-electron chi connectivity index (χ2n) is 6.48. The van der Waals surface area contributed by atoms with Gasteiger partial charge >= 0.3 is 0 Å². The first-order valence-electron chi connectivity index (χ1n) is 9.02. The van der Waals surface area contributed by atoms with Crippen LogP contribution < -0.4 is 11.1 Å². The number of hydrogen-bond acceptors (Lipinski definition) is 4. The number of imidazole rings is 1. The molecule has 4 rings (SSSR count). The van der Waals surface area contributed by atoms with Gasteiger partial charge in [-0.3, -0.25) is 4.79 Å². The molecule has 6 nitrogen and oxygen atoms in total. The van der Waals surface area contributed by atoms with Gasteiger partial charge in [-0.25, -0.2) is 9.97 Å². The molecule has 4 aromatic rings. The highest BCUT2D eigenvalue weighted by Crippen LogP contribution is 2.26. The Hall–Kier alpha value is -3.41. The van der Waals surface area contributed by atoms with Gasteiger partial charge in [0.05, 0.1) is 17.4 Å². The number of nitrogens with one attached hydrogen (secondary N) is 1. The third-order valence-electron chi connectivity index (χ3n) is 4.64. The van der Waals surface area contributed by atoms with E-state index in [0.29, 0.717) is 30.8 Å². The average molecular weight is 359 g/mol. The highest BCUT2D eigenvalue weighted by Gasteiger charge is 2.12. The van der Waals surface area contributed by atoms with Crippen LogP contribution in [0, 0.1) is 0 Å². The van der Waals surface area contributed by atoms with E-state index in [1.165, 1.54) is 5.56 Å². The smallest absolute Gasteiger partial charge is 0.220 e. The van der Waals surface area contributed by atoms with E-state index in [1.54, 1.807) is 6.33 Å². The molecular formula is C21H21N5O. The molecule has 0 saturated heterocycles. The van der Waals surface area contributed by atoms with Crippen molar-refractivity contribution in [2.24, 2.45) is 0 Å². The summed E-state index contributed by atoms with van der Waals surface area (Å²) in [6, 6.07) is 17.9. The van der Waals surface area contributed by atoms with Crippen molar-refractivity contribution in [1.82, 2.24) is 19.9 Å². The summed E-state index contributed by atoms with van der Waals surface area (Å²) in [5.74, 6) is 0.476. The van der Waals surface area contributed by atoms with E-state index in [1.807, 2.05) is 59.2 Å². The molecule has 2 heterocycles. The van der Waals surface area contributed by atoms with Gasteiger partial charge in [0.2, 0.25) is 5.91 Å². The van der Waals surface area contributed by atoms with Crippen molar-refractivity contribution in [2.45, 2.75) is 19.4 Å². The van der Waals surface area contributed by atoms with Gasteiger partial charge in [-0.2, -0.15) is 0 Å². The number of fused-ring (bicyclic) bond motifs is 3. The largest absolute Gasteiger partial charge is 0.382 e. The molecule has 0 aliphatic heterocycles. The van der Waals surface area contributed by atoms with Crippen molar-refractivity contribution in [2.75, 3.05) is 12.3 Å². The van der Waals surface area contributed by atoms with E-state index >= 15 is 0 Å². The van der Waals surface area contributed by atoms with E-state index in [4.69, 9.17) is 5.73 Å². The zero-order valence-electron chi connectivity index (χ0n) is 14.9. The molecule has 0 spiro atoms. The number of nitrogen functional groups attached to an aromatic ring is 1. The van der Waals surface area contributed by atoms with Crippen molar-refractivity contribution in [3.8, 4) is 0 Å². The Morgan fingerprint density at radius 2 is 1.85 bits per heavy atom. The van der Waals surface area contributed by atoms with Crippen LogP contribution in [-0.4, -0.2) is 27.0 Å². The lowest BCUT2D eigenvalue weighted by atomic mass is 10.1. The van der Waals surface area contributed by atoms with Gasteiger partial charge in [-0.15, -0.1) is 0 Å². The summed E-state index contributed by atoms with van der Waals surface area (Å²) < 4.78 is 2.02. The van der Waals surface area contributed by atoms with Crippen LogP contribution in [0.3, 0.4) is 0 Å². The molecule has 136 valence electrons. The number of anilines is 1. The first-order valence-corrected chi connectivity index (χ1v) is 9.02. The SMILES string of the molecule is Nc1nc2ccccc2c2c1ncn2CCNC(=O)CCc1ccccc1. The lowest BCUT2D eigenvalue weighted by molar-refractivity contribution is -0.121. The molecule has 0 atom stereocenters. The number of carbonyl (C=O) groups is 1. The van der Waals surface area contributed by atoms with Crippen molar-refractivity contribution < 1.29 is 4.79 Å². The van der Waals surface area contributed by atoms with Crippen LogP contribution >= 0.6 is 0 Å². The molecule has 1 amide bonds. The maximum atomic E-state index is 12.1. The summed E-state index contributed by atoms with van der Waals surface area (Å²) in [5.41, 5.74) is 9.72. The highest BCUT2D eigenvalue weighted by atomic mass is 16.1. The Bertz CT molecular complexity index is 1090. The zero-order chi connectivity index (χ0) is 18.6. The number of nitrogens with zero attached hydrogens (tertiary/aromatic N) is 3. The number of amides is 1. The minimum atomic E-state index is 0.0503. The molecule has 0 aliphatic rings. The second-order valence-corrected chi connectivity index (χ2v) is 6.48. The van der Waals surface area contributed by atoms with E-state index < -0.39 is 0 Å². The minimum Gasteiger partial charge on any atom is -0.382 e. The van der Waals surface area contributed by atoms with Crippen LogP contribution in [0.15, 0.2) is 60.9 Å². The van der Waals surface area contributed by atoms with Gasteiger partial charge in [-0.05, 0) is 18.1 Å². The first-order chi connectivity index (χ1) is 13.2. The Labute approximate surface area is 157 Å². The van der Waals surface area contributed by atoms with E-state index in [0.717, 1.165) is 22.8 Å². The molecule has 3 N–H and O–H groups in total. The normalized spacial score (nSPS) is 11.1. The number of carbonyl (C=O) groups excluding carboxylic acids is 1. The number of aryl methyl sites for hydroxylation is 1. The van der Waals surface area contributed by atoms with Gasteiger partial charge in [0, 0.05) is 24.9 Å². The van der Waals surface area contributed by atoms with Crippen LogP contribution in [0.25, 0.3) is 21.9 Å². The highest BCUT2D eigenvalue weighted by molar-refractivity contribution is 6.06. The molecular weight excluding hydrogens is 338 g/mol. The summed E-state index contributed by atoms with van der Waals surface area (Å²) in [5, 5.41) is 3.99.